The summed E-state index contributed by atoms with van der Waals surface area (Å²) in [4.78, 5) is 11.6. The average molecular weight is 355 g/mol. The highest BCUT2D eigenvalue weighted by Crippen LogP contribution is 2.11. The molecule has 0 saturated heterocycles. The predicted octanol–water partition coefficient (Wildman–Crippen LogP) is 6.95. The Balaban J connectivity index is 3.28. The molecule has 0 aliphatic carbocycles. The van der Waals surface area contributed by atoms with Crippen LogP contribution in [-0.4, -0.2) is 19.4 Å². The Bertz CT molecular complexity index is 308. The van der Waals surface area contributed by atoms with Crippen molar-refractivity contribution in [3.63, 3.8) is 0 Å². The molecule has 0 aliphatic rings. The van der Waals surface area contributed by atoms with Gasteiger partial charge in [0.15, 0.2) is 0 Å². The summed E-state index contributed by atoms with van der Waals surface area (Å²) >= 11 is 0. The molecule has 3 nitrogen and oxygen atoms in total. The number of hydrogen-bond acceptors (Lipinski definition) is 3. The van der Waals surface area contributed by atoms with Crippen molar-refractivity contribution < 1.29 is 14.3 Å². The monoisotopic (exact) mass is 354 g/mol. The summed E-state index contributed by atoms with van der Waals surface area (Å²) in [5, 5.41) is 0. The SMILES string of the molecule is CCCCCCCCC=CCCCCCCCC(=O)OC(CC)OC. The van der Waals surface area contributed by atoms with Crippen LogP contribution in [0.25, 0.3) is 0 Å². The second-order valence-electron chi connectivity index (χ2n) is 6.90. The minimum Gasteiger partial charge on any atom is -0.436 e. The van der Waals surface area contributed by atoms with Crippen LogP contribution < -0.4 is 0 Å². The molecule has 1 unspecified atom stereocenters. The van der Waals surface area contributed by atoms with Crippen molar-refractivity contribution in [2.45, 2.75) is 116 Å². The fraction of sp³-hybridized carbons (Fsp3) is 0.864. The van der Waals surface area contributed by atoms with Crippen LogP contribution in [0.2, 0.25) is 0 Å². The maximum absolute atomic E-state index is 11.6. The predicted molar refractivity (Wildman–Crippen MR) is 107 cm³/mol. The van der Waals surface area contributed by atoms with E-state index in [-0.39, 0.29) is 12.3 Å². The van der Waals surface area contributed by atoms with E-state index in [4.69, 9.17) is 9.47 Å². The van der Waals surface area contributed by atoms with E-state index in [0.717, 1.165) is 12.8 Å². The third-order valence-corrected chi connectivity index (χ3v) is 4.50. The topological polar surface area (TPSA) is 35.5 Å². The Kier molecular flexibility index (Phi) is 18.8. The second kappa shape index (κ2) is 19.5. The number of allylic oxidation sites excluding steroid dienone is 2. The molecule has 0 radical (unpaired) electrons. The standard InChI is InChI=1S/C22H42O3/c1-4-6-7-8-9-10-11-12-13-14-15-16-17-18-19-20-21(23)25-22(5-2)24-3/h12-13,22H,4-11,14-20H2,1-3H3. The second-order valence-corrected chi connectivity index (χ2v) is 6.90. The van der Waals surface area contributed by atoms with Gasteiger partial charge < -0.3 is 9.47 Å². The summed E-state index contributed by atoms with van der Waals surface area (Å²) in [5.41, 5.74) is 0. The first-order chi connectivity index (χ1) is 12.2. The number of esters is 1. The van der Waals surface area contributed by atoms with Crippen LogP contribution in [0, 0.1) is 0 Å². The van der Waals surface area contributed by atoms with Crippen molar-refractivity contribution in [1.82, 2.24) is 0 Å². The van der Waals surface area contributed by atoms with Gasteiger partial charge in [-0.3, -0.25) is 4.79 Å². The fourth-order valence-electron chi connectivity index (χ4n) is 2.84. The van der Waals surface area contributed by atoms with Gasteiger partial charge in [0.05, 0.1) is 0 Å². The molecule has 3 heteroatoms. The van der Waals surface area contributed by atoms with E-state index in [9.17, 15) is 4.79 Å². The molecule has 148 valence electrons. The third-order valence-electron chi connectivity index (χ3n) is 4.50. The number of rotatable bonds is 18. The number of hydrogen-bond donors (Lipinski definition) is 0. The molecule has 0 spiro atoms. The molecule has 25 heavy (non-hydrogen) atoms. The first-order valence-corrected chi connectivity index (χ1v) is 10.6. The maximum Gasteiger partial charge on any atom is 0.308 e. The molecule has 0 heterocycles. The molecule has 1 atom stereocenters. The molecular formula is C22H42O3. The van der Waals surface area contributed by atoms with Gasteiger partial charge in [-0.1, -0.05) is 77.4 Å². The Morgan fingerprint density at radius 1 is 0.800 bits per heavy atom. The van der Waals surface area contributed by atoms with Crippen molar-refractivity contribution in [2.24, 2.45) is 0 Å². The lowest BCUT2D eigenvalue weighted by molar-refractivity contribution is -0.173. The minimum atomic E-state index is -0.379. The van der Waals surface area contributed by atoms with Crippen molar-refractivity contribution >= 4 is 5.97 Å². The van der Waals surface area contributed by atoms with E-state index < -0.39 is 0 Å². The number of carbonyl (C=O) groups is 1. The summed E-state index contributed by atoms with van der Waals surface area (Å²) in [5.74, 6) is -0.133. The van der Waals surface area contributed by atoms with Crippen molar-refractivity contribution in [1.29, 1.82) is 0 Å². The Morgan fingerprint density at radius 2 is 1.32 bits per heavy atom. The summed E-state index contributed by atoms with van der Waals surface area (Å²) < 4.78 is 10.2. The van der Waals surface area contributed by atoms with Gasteiger partial charge in [0, 0.05) is 20.0 Å². The van der Waals surface area contributed by atoms with Gasteiger partial charge in [-0.2, -0.15) is 0 Å². The molecular weight excluding hydrogens is 312 g/mol. The quantitative estimate of drug-likeness (QED) is 0.116. The summed E-state index contributed by atoms with van der Waals surface area (Å²) in [6.45, 7) is 4.21. The molecule has 0 aromatic rings. The van der Waals surface area contributed by atoms with E-state index in [1.165, 1.54) is 70.6 Å². The van der Waals surface area contributed by atoms with E-state index in [2.05, 4.69) is 19.1 Å². The zero-order valence-corrected chi connectivity index (χ0v) is 17.1. The first-order valence-electron chi connectivity index (χ1n) is 10.6. The number of methoxy groups -OCH3 is 1. The van der Waals surface area contributed by atoms with Crippen LogP contribution in [0.5, 0.6) is 0 Å². The van der Waals surface area contributed by atoms with Crippen LogP contribution in [0.1, 0.15) is 110 Å². The van der Waals surface area contributed by atoms with Gasteiger partial charge in [0.1, 0.15) is 0 Å². The highest BCUT2D eigenvalue weighted by molar-refractivity contribution is 5.69. The summed E-state index contributed by atoms with van der Waals surface area (Å²) in [7, 11) is 1.57. The summed E-state index contributed by atoms with van der Waals surface area (Å²) in [6, 6.07) is 0. The average Bonchev–Trinajstić information content (AvgIpc) is 2.62. The number of unbranched alkanes of at least 4 members (excludes halogenated alkanes) is 11. The van der Waals surface area contributed by atoms with E-state index in [1.54, 1.807) is 7.11 Å². The highest BCUT2D eigenvalue weighted by atomic mass is 16.7. The molecule has 0 bridgehead atoms. The lowest BCUT2D eigenvalue weighted by atomic mass is 10.1. The van der Waals surface area contributed by atoms with Gasteiger partial charge in [-0.05, 0) is 32.1 Å². The molecule has 0 amide bonds. The molecule has 0 aromatic carbocycles. The van der Waals surface area contributed by atoms with Gasteiger partial charge in [-0.25, -0.2) is 0 Å². The lowest BCUT2D eigenvalue weighted by Crippen LogP contribution is -2.18. The summed E-state index contributed by atoms with van der Waals surface area (Å²) in [6.07, 6.45) is 22.0. The number of ether oxygens (including phenoxy) is 2. The maximum atomic E-state index is 11.6. The molecule has 0 fully saturated rings. The molecule has 0 aromatic heterocycles. The zero-order valence-electron chi connectivity index (χ0n) is 17.1. The van der Waals surface area contributed by atoms with Crippen molar-refractivity contribution in [2.75, 3.05) is 7.11 Å². The van der Waals surface area contributed by atoms with E-state index in [1.807, 2.05) is 6.92 Å². The molecule has 0 rings (SSSR count). The van der Waals surface area contributed by atoms with Crippen LogP contribution in [0.15, 0.2) is 12.2 Å². The highest BCUT2D eigenvalue weighted by Gasteiger charge is 2.10. The molecule has 0 saturated carbocycles. The molecule has 0 aliphatic heterocycles. The minimum absolute atomic E-state index is 0.133. The van der Waals surface area contributed by atoms with Gasteiger partial charge in [0.2, 0.25) is 6.29 Å². The lowest BCUT2D eigenvalue weighted by Gasteiger charge is -2.13. The zero-order chi connectivity index (χ0) is 18.6. The van der Waals surface area contributed by atoms with Crippen LogP contribution in [-0.2, 0) is 14.3 Å². The van der Waals surface area contributed by atoms with Gasteiger partial charge >= 0.3 is 5.97 Å². The van der Waals surface area contributed by atoms with Crippen molar-refractivity contribution in [3.05, 3.63) is 12.2 Å². The van der Waals surface area contributed by atoms with Gasteiger partial charge in [0.25, 0.3) is 0 Å². The molecule has 0 N–H and O–H groups in total. The van der Waals surface area contributed by atoms with E-state index >= 15 is 0 Å². The smallest absolute Gasteiger partial charge is 0.308 e. The first kappa shape index (κ1) is 24.2. The Labute approximate surface area is 156 Å². The van der Waals surface area contributed by atoms with Gasteiger partial charge in [-0.15, -0.1) is 0 Å². The van der Waals surface area contributed by atoms with Crippen LogP contribution >= 0.6 is 0 Å². The largest absolute Gasteiger partial charge is 0.436 e. The third kappa shape index (κ3) is 17.8. The van der Waals surface area contributed by atoms with Crippen LogP contribution in [0.4, 0.5) is 0 Å². The normalized spacial score (nSPS) is 12.6. The van der Waals surface area contributed by atoms with Crippen LogP contribution in [0.3, 0.4) is 0 Å². The van der Waals surface area contributed by atoms with Crippen molar-refractivity contribution in [3.8, 4) is 0 Å². The number of carbonyl (C=O) groups excluding carboxylic acids is 1. The van der Waals surface area contributed by atoms with E-state index in [0.29, 0.717) is 12.8 Å². The Morgan fingerprint density at radius 3 is 1.84 bits per heavy atom. The fourth-order valence-corrected chi connectivity index (χ4v) is 2.84. The Hall–Kier alpha value is -0.830.